The third-order valence-corrected chi connectivity index (χ3v) is 4.55. The number of nitrogens with one attached hydrogen (secondary N) is 1. The summed E-state index contributed by atoms with van der Waals surface area (Å²) in [5.74, 6) is 0.823. The molecule has 102 valence electrons. The molecule has 1 aromatic carbocycles. The van der Waals surface area contributed by atoms with Gasteiger partial charge in [0.05, 0.1) is 21.6 Å². The molecule has 0 saturated heterocycles. The monoisotopic (exact) mass is 386 g/mol. The minimum atomic E-state index is 0.0945. The molecule has 19 heavy (non-hydrogen) atoms. The average Bonchev–Trinajstić information content (AvgIpc) is 3.09. The van der Waals surface area contributed by atoms with E-state index >= 15 is 0 Å². The van der Waals surface area contributed by atoms with Crippen LogP contribution < -0.4 is 10.1 Å². The van der Waals surface area contributed by atoms with Crippen molar-refractivity contribution in [2.24, 2.45) is 5.41 Å². The highest BCUT2D eigenvalue weighted by molar-refractivity contribution is 9.11. The molecule has 0 bridgehead atoms. The Labute approximate surface area is 130 Å². The molecule has 0 heterocycles. The molecule has 1 fully saturated rings. The molecule has 2 rings (SSSR count). The number of nitrogens with zero attached hydrogens (tertiary/aromatic N) is 1. The smallest absolute Gasteiger partial charge is 0.147 e. The maximum Gasteiger partial charge on any atom is 0.147 e. The predicted octanol–water partition coefficient (Wildman–Crippen LogP) is 4.00. The van der Waals surface area contributed by atoms with Crippen LogP contribution in [0, 0.1) is 16.7 Å². The normalized spacial score (nSPS) is 15.9. The quantitative estimate of drug-likeness (QED) is 0.802. The minimum absolute atomic E-state index is 0.0945. The molecule has 0 radical (unpaired) electrons. The summed E-state index contributed by atoms with van der Waals surface area (Å²) in [5.41, 5.74) is 1.28. The Morgan fingerprint density at radius 3 is 2.47 bits per heavy atom. The van der Waals surface area contributed by atoms with Gasteiger partial charge in [0.25, 0.3) is 0 Å². The van der Waals surface area contributed by atoms with Crippen molar-refractivity contribution in [1.82, 2.24) is 5.32 Å². The molecule has 0 atom stereocenters. The summed E-state index contributed by atoms with van der Waals surface area (Å²) in [4.78, 5) is 0. The van der Waals surface area contributed by atoms with Crippen LogP contribution in [0.2, 0.25) is 0 Å². The van der Waals surface area contributed by atoms with Gasteiger partial charge in [-0.25, -0.2) is 0 Å². The third-order valence-electron chi connectivity index (χ3n) is 3.37. The Bertz CT molecular complexity index is 484. The van der Waals surface area contributed by atoms with Gasteiger partial charge >= 0.3 is 0 Å². The van der Waals surface area contributed by atoms with Crippen molar-refractivity contribution >= 4 is 31.9 Å². The second kappa shape index (κ2) is 6.25. The SMILES string of the molecule is CNCc1cc(Br)c(OCC2(CC#N)CC2)c(Br)c1. The van der Waals surface area contributed by atoms with Gasteiger partial charge < -0.3 is 10.1 Å². The Hall–Kier alpha value is -0.570. The van der Waals surface area contributed by atoms with Crippen molar-refractivity contribution in [2.45, 2.75) is 25.8 Å². The molecule has 0 unspecified atom stereocenters. The molecular weight excluding hydrogens is 372 g/mol. The summed E-state index contributed by atoms with van der Waals surface area (Å²) < 4.78 is 7.80. The summed E-state index contributed by atoms with van der Waals surface area (Å²) in [6.07, 6.45) is 2.77. The van der Waals surface area contributed by atoms with Crippen LogP contribution in [0.25, 0.3) is 0 Å². The Morgan fingerprint density at radius 1 is 1.37 bits per heavy atom. The van der Waals surface area contributed by atoms with Crippen LogP contribution in [0.15, 0.2) is 21.1 Å². The molecule has 5 heteroatoms. The lowest BCUT2D eigenvalue weighted by Gasteiger charge is -2.16. The second-order valence-corrected chi connectivity index (χ2v) is 6.75. The maximum atomic E-state index is 8.81. The summed E-state index contributed by atoms with van der Waals surface area (Å²) >= 11 is 7.09. The van der Waals surface area contributed by atoms with Gasteiger partial charge in [-0.1, -0.05) is 0 Å². The number of ether oxygens (including phenoxy) is 1. The van der Waals surface area contributed by atoms with Crippen LogP contribution in [0.5, 0.6) is 5.75 Å². The maximum absolute atomic E-state index is 8.81. The number of nitriles is 1. The number of benzene rings is 1. The first-order chi connectivity index (χ1) is 9.10. The Morgan fingerprint density at radius 2 is 2.00 bits per heavy atom. The first-order valence-electron chi connectivity index (χ1n) is 6.22. The highest BCUT2D eigenvalue weighted by Gasteiger charge is 2.43. The lowest BCUT2D eigenvalue weighted by molar-refractivity contribution is 0.234. The summed E-state index contributed by atoms with van der Waals surface area (Å²) in [5, 5.41) is 11.9. The highest BCUT2D eigenvalue weighted by Crippen LogP contribution is 2.49. The molecule has 0 amide bonds. The first-order valence-corrected chi connectivity index (χ1v) is 7.81. The number of halogens is 2. The van der Waals surface area contributed by atoms with E-state index in [0.717, 1.165) is 34.1 Å². The molecule has 1 saturated carbocycles. The fraction of sp³-hybridized carbons (Fsp3) is 0.500. The van der Waals surface area contributed by atoms with Gasteiger partial charge in [-0.05, 0) is 69.4 Å². The summed E-state index contributed by atoms with van der Waals surface area (Å²) in [6.45, 7) is 1.43. The lowest BCUT2D eigenvalue weighted by Crippen LogP contribution is -2.13. The Balaban J connectivity index is 2.07. The van der Waals surface area contributed by atoms with Crippen molar-refractivity contribution < 1.29 is 4.74 Å². The zero-order valence-corrected chi connectivity index (χ0v) is 14.0. The highest BCUT2D eigenvalue weighted by atomic mass is 79.9. The molecule has 1 N–H and O–H groups in total. The van der Waals surface area contributed by atoms with Crippen molar-refractivity contribution in [3.05, 3.63) is 26.6 Å². The van der Waals surface area contributed by atoms with Crippen LogP contribution in [0.1, 0.15) is 24.8 Å². The molecule has 1 aliphatic rings. The summed E-state index contributed by atoms with van der Waals surface area (Å²) in [6, 6.07) is 6.36. The topological polar surface area (TPSA) is 45.0 Å². The number of rotatable bonds is 6. The van der Waals surface area contributed by atoms with Crippen molar-refractivity contribution in [1.29, 1.82) is 5.26 Å². The van der Waals surface area contributed by atoms with E-state index in [0.29, 0.717) is 13.0 Å². The Kier molecular flexibility index (Phi) is 4.88. The van der Waals surface area contributed by atoms with Gasteiger partial charge in [0, 0.05) is 18.4 Å². The van der Waals surface area contributed by atoms with Gasteiger partial charge in [0.15, 0.2) is 0 Å². The van der Waals surface area contributed by atoms with Crippen molar-refractivity contribution in [3.63, 3.8) is 0 Å². The minimum Gasteiger partial charge on any atom is -0.491 e. The zero-order valence-electron chi connectivity index (χ0n) is 10.8. The molecule has 0 aliphatic heterocycles. The van der Waals surface area contributed by atoms with Crippen molar-refractivity contribution in [2.75, 3.05) is 13.7 Å². The van der Waals surface area contributed by atoms with Crippen LogP contribution in [-0.4, -0.2) is 13.7 Å². The molecule has 1 aromatic rings. The van der Waals surface area contributed by atoms with E-state index < -0.39 is 0 Å². The third kappa shape index (κ3) is 3.71. The van der Waals surface area contributed by atoms with Crippen LogP contribution in [-0.2, 0) is 6.54 Å². The van der Waals surface area contributed by atoms with E-state index in [1.54, 1.807) is 0 Å². The van der Waals surface area contributed by atoms with Gasteiger partial charge in [-0.2, -0.15) is 5.26 Å². The second-order valence-electron chi connectivity index (χ2n) is 5.04. The van der Waals surface area contributed by atoms with Crippen LogP contribution in [0.4, 0.5) is 0 Å². The molecule has 0 aromatic heterocycles. The number of hydrogen-bond acceptors (Lipinski definition) is 3. The van der Waals surface area contributed by atoms with E-state index in [1.807, 2.05) is 7.05 Å². The van der Waals surface area contributed by atoms with E-state index in [1.165, 1.54) is 5.56 Å². The number of hydrogen-bond donors (Lipinski definition) is 1. The van der Waals surface area contributed by atoms with Gasteiger partial charge in [0.1, 0.15) is 5.75 Å². The standard InChI is InChI=1S/C14H16Br2N2O/c1-18-8-10-6-11(15)13(12(16)7-10)19-9-14(2-3-14)4-5-17/h6-7,18H,2-4,8-9H2,1H3. The first kappa shape index (κ1) is 14.8. The summed E-state index contributed by atoms with van der Waals surface area (Å²) in [7, 11) is 1.92. The van der Waals surface area contributed by atoms with Crippen LogP contribution in [0.3, 0.4) is 0 Å². The van der Waals surface area contributed by atoms with Crippen molar-refractivity contribution in [3.8, 4) is 11.8 Å². The van der Waals surface area contributed by atoms with Gasteiger partial charge in [-0.15, -0.1) is 0 Å². The lowest BCUT2D eigenvalue weighted by atomic mass is 10.1. The average molecular weight is 388 g/mol. The van der Waals surface area contributed by atoms with E-state index in [2.05, 4.69) is 55.4 Å². The molecule has 0 spiro atoms. The molecule has 3 nitrogen and oxygen atoms in total. The van der Waals surface area contributed by atoms with Gasteiger partial charge in [0.2, 0.25) is 0 Å². The zero-order chi connectivity index (χ0) is 13.9. The fourth-order valence-corrected chi connectivity index (χ4v) is 3.51. The largest absolute Gasteiger partial charge is 0.491 e. The van der Waals surface area contributed by atoms with E-state index in [9.17, 15) is 0 Å². The molecule has 1 aliphatic carbocycles. The van der Waals surface area contributed by atoms with Gasteiger partial charge in [-0.3, -0.25) is 0 Å². The van der Waals surface area contributed by atoms with E-state index in [-0.39, 0.29) is 5.41 Å². The predicted molar refractivity (Wildman–Crippen MR) is 82.0 cm³/mol. The van der Waals surface area contributed by atoms with Crippen LogP contribution >= 0.6 is 31.9 Å². The fourth-order valence-electron chi connectivity index (χ4n) is 2.00. The van der Waals surface area contributed by atoms with E-state index in [4.69, 9.17) is 10.00 Å². The molecular formula is C14H16Br2N2O.